The summed E-state index contributed by atoms with van der Waals surface area (Å²) in [5.74, 6) is 0.601. The lowest BCUT2D eigenvalue weighted by atomic mass is 9.92. The minimum absolute atomic E-state index is 0.0821. The third-order valence-electron chi connectivity index (χ3n) is 4.40. The molecular formula is C17H20BrN3O. The maximum Gasteiger partial charge on any atom is 0.282 e. The highest BCUT2D eigenvalue weighted by Gasteiger charge is 2.21. The van der Waals surface area contributed by atoms with E-state index >= 15 is 0 Å². The van der Waals surface area contributed by atoms with E-state index in [1.165, 1.54) is 16.7 Å². The number of aromatic nitrogens is 2. The number of rotatable bonds is 2. The van der Waals surface area contributed by atoms with Crippen molar-refractivity contribution >= 4 is 21.6 Å². The number of aryl methyl sites for hydroxylation is 1. The Balaban J connectivity index is 1.79. The molecule has 1 atom stereocenters. The summed E-state index contributed by atoms with van der Waals surface area (Å²) in [6, 6.07) is 10.7. The molecule has 1 unspecified atom stereocenters. The molecule has 1 fully saturated rings. The van der Waals surface area contributed by atoms with Crippen LogP contribution in [0.1, 0.15) is 30.7 Å². The summed E-state index contributed by atoms with van der Waals surface area (Å²) in [6.07, 6.45) is 5.21. The van der Waals surface area contributed by atoms with E-state index in [0.29, 0.717) is 10.4 Å². The van der Waals surface area contributed by atoms with Gasteiger partial charge in [-0.25, -0.2) is 4.68 Å². The zero-order chi connectivity index (χ0) is 15.5. The van der Waals surface area contributed by atoms with Gasteiger partial charge in [-0.1, -0.05) is 30.3 Å². The molecule has 0 N–H and O–H groups in total. The minimum Gasteiger partial charge on any atom is -0.369 e. The van der Waals surface area contributed by atoms with Crippen molar-refractivity contribution in [3.8, 4) is 0 Å². The van der Waals surface area contributed by atoms with E-state index < -0.39 is 0 Å². The molecule has 2 aromatic rings. The van der Waals surface area contributed by atoms with Gasteiger partial charge in [0.15, 0.2) is 0 Å². The van der Waals surface area contributed by atoms with Crippen LogP contribution in [-0.2, 0) is 7.05 Å². The predicted octanol–water partition coefficient (Wildman–Crippen LogP) is 3.32. The zero-order valence-electron chi connectivity index (χ0n) is 12.7. The lowest BCUT2D eigenvalue weighted by Crippen LogP contribution is -2.29. The summed E-state index contributed by atoms with van der Waals surface area (Å²) in [5.41, 5.74) is 2.25. The van der Waals surface area contributed by atoms with Gasteiger partial charge in [-0.15, -0.1) is 0 Å². The number of hydrogen-bond acceptors (Lipinski definition) is 3. The van der Waals surface area contributed by atoms with Gasteiger partial charge in [0.1, 0.15) is 4.47 Å². The molecule has 4 nitrogen and oxygen atoms in total. The topological polar surface area (TPSA) is 38.1 Å². The standard InChI is InChI=1S/C17H20BrN3O/c1-20-17(22)16(18)15(12-19-20)21-10-5-8-14(9-11-21)13-6-3-2-4-7-13/h2-4,6-7,12,14H,5,8-11H2,1H3. The van der Waals surface area contributed by atoms with Gasteiger partial charge in [-0.2, -0.15) is 5.10 Å². The first-order valence-electron chi connectivity index (χ1n) is 7.68. The number of halogens is 1. The van der Waals surface area contributed by atoms with Gasteiger partial charge < -0.3 is 4.90 Å². The molecule has 5 heteroatoms. The second-order valence-corrected chi connectivity index (χ2v) is 6.59. The van der Waals surface area contributed by atoms with Crippen molar-refractivity contribution in [1.29, 1.82) is 0 Å². The molecule has 0 radical (unpaired) electrons. The summed E-state index contributed by atoms with van der Waals surface area (Å²) in [5, 5.41) is 4.15. The quantitative estimate of drug-likeness (QED) is 0.823. The van der Waals surface area contributed by atoms with Gasteiger partial charge in [0, 0.05) is 20.1 Å². The Kier molecular flexibility index (Phi) is 4.62. The summed E-state index contributed by atoms with van der Waals surface area (Å²) in [6.45, 7) is 1.92. The highest BCUT2D eigenvalue weighted by atomic mass is 79.9. The largest absolute Gasteiger partial charge is 0.369 e. The number of hydrogen-bond donors (Lipinski definition) is 0. The molecule has 2 heterocycles. The number of anilines is 1. The van der Waals surface area contributed by atoms with Gasteiger partial charge in [0.05, 0.1) is 11.9 Å². The van der Waals surface area contributed by atoms with E-state index in [9.17, 15) is 4.79 Å². The average molecular weight is 362 g/mol. The highest BCUT2D eigenvalue weighted by molar-refractivity contribution is 9.10. The van der Waals surface area contributed by atoms with Crippen LogP contribution in [0.25, 0.3) is 0 Å². The molecule has 0 bridgehead atoms. The molecular weight excluding hydrogens is 342 g/mol. The van der Waals surface area contributed by atoms with Crippen LogP contribution in [0.3, 0.4) is 0 Å². The van der Waals surface area contributed by atoms with Gasteiger partial charge in [-0.3, -0.25) is 4.79 Å². The van der Waals surface area contributed by atoms with Crippen LogP contribution in [0.2, 0.25) is 0 Å². The van der Waals surface area contributed by atoms with Crippen molar-refractivity contribution in [3.63, 3.8) is 0 Å². The Morgan fingerprint density at radius 1 is 1.18 bits per heavy atom. The van der Waals surface area contributed by atoms with Gasteiger partial charge >= 0.3 is 0 Å². The third-order valence-corrected chi connectivity index (χ3v) is 5.14. The average Bonchev–Trinajstić information content (AvgIpc) is 2.80. The SMILES string of the molecule is Cn1ncc(N2CCCC(c3ccccc3)CC2)c(Br)c1=O. The fraction of sp³-hybridized carbons (Fsp3) is 0.412. The molecule has 0 aliphatic carbocycles. The normalized spacial score (nSPS) is 19.0. The molecule has 1 aromatic carbocycles. The van der Waals surface area contributed by atoms with Crippen molar-refractivity contribution in [2.45, 2.75) is 25.2 Å². The molecule has 3 rings (SSSR count). The van der Waals surface area contributed by atoms with Crippen LogP contribution in [-0.4, -0.2) is 22.9 Å². The van der Waals surface area contributed by atoms with E-state index in [4.69, 9.17) is 0 Å². The van der Waals surface area contributed by atoms with Crippen molar-refractivity contribution in [1.82, 2.24) is 9.78 Å². The van der Waals surface area contributed by atoms with Crippen LogP contribution in [0.5, 0.6) is 0 Å². The van der Waals surface area contributed by atoms with Crippen LogP contribution in [0.4, 0.5) is 5.69 Å². The fourth-order valence-electron chi connectivity index (χ4n) is 3.12. The van der Waals surface area contributed by atoms with Crippen molar-refractivity contribution in [2.75, 3.05) is 18.0 Å². The first-order valence-corrected chi connectivity index (χ1v) is 8.48. The Bertz CT molecular complexity index is 699. The van der Waals surface area contributed by atoms with E-state index in [1.807, 2.05) is 0 Å². The molecule has 1 aliphatic rings. The van der Waals surface area contributed by atoms with Gasteiger partial charge in [-0.05, 0) is 46.7 Å². The maximum absolute atomic E-state index is 12.0. The molecule has 0 amide bonds. The molecule has 1 aromatic heterocycles. The Labute approximate surface area is 138 Å². The van der Waals surface area contributed by atoms with E-state index in [2.05, 4.69) is 56.3 Å². The number of benzene rings is 1. The van der Waals surface area contributed by atoms with Crippen LogP contribution in [0, 0.1) is 0 Å². The summed E-state index contributed by atoms with van der Waals surface area (Å²) in [7, 11) is 1.67. The summed E-state index contributed by atoms with van der Waals surface area (Å²) < 4.78 is 1.97. The molecule has 1 aliphatic heterocycles. The molecule has 116 valence electrons. The lowest BCUT2D eigenvalue weighted by Gasteiger charge is -2.23. The maximum atomic E-state index is 12.0. The van der Waals surface area contributed by atoms with Crippen molar-refractivity contribution in [2.24, 2.45) is 7.05 Å². The third kappa shape index (κ3) is 3.09. The minimum atomic E-state index is -0.0821. The van der Waals surface area contributed by atoms with Gasteiger partial charge in [0.25, 0.3) is 5.56 Å². The molecule has 22 heavy (non-hydrogen) atoms. The smallest absolute Gasteiger partial charge is 0.282 e. The van der Waals surface area contributed by atoms with E-state index in [1.54, 1.807) is 13.2 Å². The predicted molar refractivity (Wildman–Crippen MR) is 92.4 cm³/mol. The Morgan fingerprint density at radius 3 is 2.73 bits per heavy atom. The summed E-state index contributed by atoms with van der Waals surface area (Å²) in [4.78, 5) is 14.3. The van der Waals surface area contributed by atoms with E-state index in [0.717, 1.165) is 31.6 Å². The second-order valence-electron chi connectivity index (χ2n) is 5.80. The van der Waals surface area contributed by atoms with Crippen LogP contribution in [0.15, 0.2) is 45.8 Å². The fourth-order valence-corrected chi connectivity index (χ4v) is 3.73. The lowest BCUT2D eigenvalue weighted by molar-refractivity contribution is 0.612. The zero-order valence-corrected chi connectivity index (χ0v) is 14.3. The van der Waals surface area contributed by atoms with Gasteiger partial charge in [0.2, 0.25) is 0 Å². The highest BCUT2D eigenvalue weighted by Crippen LogP contribution is 2.31. The monoisotopic (exact) mass is 361 g/mol. The Morgan fingerprint density at radius 2 is 1.95 bits per heavy atom. The molecule has 0 spiro atoms. The molecule has 1 saturated heterocycles. The Hall–Kier alpha value is -1.62. The van der Waals surface area contributed by atoms with Crippen molar-refractivity contribution in [3.05, 3.63) is 56.9 Å². The second kappa shape index (κ2) is 6.65. The first-order chi connectivity index (χ1) is 10.7. The van der Waals surface area contributed by atoms with Crippen LogP contribution >= 0.6 is 15.9 Å². The molecule has 0 saturated carbocycles. The van der Waals surface area contributed by atoms with Crippen LogP contribution < -0.4 is 10.5 Å². The first kappa shape index (κ1) is 15.3. The van der Waals surface area contributed by atoms with E-state index in [-0.39, 0.29) is 5.56 Å². The number of nitrogens with zero attached hydrogens (tertiary/aromatic N) is 3. The summed E-state index contributed by atoms with van der Waals surface area (Å²) >= 11 is 3.44. The van der Waals surface area contributed by atoms with Crippen molar-refractivity contribution < 1.29 is 0 Å².